The molecule has 1 aromatic carbocycles. The third-order valence-corrected chi connectivity index (χ3v) is 6.76. The Kier molecular flexibility index (Phi) is 6.78. The number of ether oxygens (including phenoxy) is 1. The number of halogens is 3. The summed E-state index contributed by atoms with van der Waals surface area (Å²) in [5.74, 6) is 0.213. The zero-order chi connectivity index (χ0) is 26.3. The minimum absolute atomic E-state index is 0.0105. The highest BCUT2D eigenvalue weighted by Crippen LogP contribution is 2.35. The highest BCUT2D eigenvalue weighted by molar-refractivity contribution is 5.83. The first-order valence-corrected chi connectivity index (χ1v) is 11.5. The standard InChI is InChI=1S/C25H28F3N5O3/c1-15-17(6-5-7-19(15)25(26,27)28)13-29-22-18-12-20(24(35)8-10-33(11-9-24)16(2)34)31-23(36-4)21(18)32(3)14-30-22/h5-7,12,14,35H,8-11,13H2,1-4H3. The second-order valence-corrected chi connectivity index (χ2v) is 9.03. The molecule has 1 saturated heterocycles. The number of piperidine rings is 1. The largest absolute Gasteiger partial charge is 0.479 e. The van der Waals surface area contributed by atoms with Gasteiger partial charge in [-0.3, -0.25) is 9.79 Å². The van der Waals surface area contributed by atoms with E-state index in [4.69, 9.17) is 4.74 Å². The van der Waals surface area contributed by atoms with Crippen LogP contribution in [0.4, 0.5) is 13.2 Å². The SMILES string of the molecule is COc1nc(C2(O)CCN(C(C)=O)CC2)cc2c(=NCc3cccc(C(F)(F)F)c3C)ncn(C)c12. The van der Waals surface area contributed by atoms with Crippen LogP contribution in [0.1, 0.15) is 42.1 Å². The van der Waals surface area contributed by atoms with Gasteiger partial charge in [0.25, 0.3) is 0 Å². The van der Waals surface area contributed by atoms with Crippen molar-refractivity contribution in [2.24, 2.45) is 12.0 Å². The van der Waals surface area contributed by atoms with Crippen molar-refractivity contribution in [3.63, 3.8) is 0 Å². The molecule has 192 valence electrons. The number of nitrogens with zero attached hydrogens (tertiary/aromatic N) is 5. The van der Waals surface area contributed by atoms with Crippen molar-refractivity contribution in [1.29, 1.82) is 0 Å². The van der Waals surface area contributed by atoms with Gasteiger partial charge in [0.15, 0.2) is 5.49 Å². The normalized spacial score (nSPS) is 16.4. The van der Waals surface area contributed by atoms with E-state index in [2.05, 4.69) is 15.0 Å². The van der Waals surface area contributed by atoms with Gasteiger partial charge in [0.05, 0.1) is 36.6 Å². The van der Waals surface area contributed by atoms with Crippen molar-refractivity contribution in [2.45, 2.75) is 45.0 Å². The fourth-order valence-corrected chi connectivity index (χ4v) is 4.57. The lowest BCUT2D eigenvalue weighted by Crippen LogP contribution is -2.44. The number of alkyl halides is 3. The van der Waals surface area contributed by atoms with E-state index < -0.39 is 17.3 Å². The molecule has 2 aromatic heterocycles. The Morgan fingerprint density at radius 2 is 1.97 bits per heavy atom. The summed E-state index contributed by atoms with van der Waals surface area (Å²) in [5, 5.41) is 12.0. The van der Waals surface area contributed by atoms with Crippen molar-refractivity contribution in [3.8, 4) is 5.88 Å². The molecule has 3 heterocycles. The van der Waals surface area contributed by atoms with E-state index in [9.17, 15) is 23.1 Å². The lowest BCUT2D eigenvalue weighted by atomic mass is 9.87. The molecule has 1 N–H and O–H groups in total. The van der Waals surface area contributed by atoms with Crippen LogP contribution in [0, 0.1) is 6.92 Å². The summed E-state index contributed by atoms with van der Waals surface area (Å²) in [6, 6.07) is 5.73. The summed E-state index contributed by atoms with van der Waals surface area (Å²) in [6.45, 7) is 3.69. The van der Waals surface area contributed by atoms with Gasteiger partial charge in [0.1, 0.15) is 11.1 Å². The predicted octanol–water partition coefficient (Wildman–Crippen LogP) is 3.23. The van der Waals surface area contributed by atoms with E-state index in [1.54, 1.807) is 28.6 Å². The average Bonchev–Trinajstić information content (AvgIpc) is 2.83. The number of pyridine rings is 1. The van der Waals surface area contributed by atoms with Gasteiger partial charge < -0.3 is 19.3 Å². The molecule has 3 aromatic rings. The number of aryl methyl sites for hydroxylation is 1. The highest BCUT2D eigenvalue weighted by Gasteiger charge is 2.37. The molecular weight excluding hydrogens is 475 g/mol. The van der Waals surface area contributed by atoms with Crippen molar-refractivity contribution in [3.05, 3.63) is 58.5 Å². The van der Waals surface area contributed by atoms with Crippen molar-refractivity contribution in [2.75, 3.05) is 20.2 Å². The Balaban J connectivity index is 1.81. The molecule has 0 atom stereocenters. The predicted molar refractivity (Wildman–Crippen MR) is 126 cm³/mol. The smallest absolute Gasteiger partial charge is 0.416 e. The van der Waals surface area contributed by atoms with Crippen LogP contribution in [-0.4, -0.2) is 50.6 Å². The number of carbonyl (C=O) groups excluding carboxylic acids is 1. The second kappa shape index (κ2) is 9.53. The molecule has 11 heteroatoms. The molecule has 1 fully saturated rings. The topological polar surface area (TPSA) is 92.8 Å². The van der Waals surface area contributed by atoms with Crippen LogP contribution >= 0.6 is 0 Å². The number of likely N-dealkylation sites (tertiary alicyclic amines) is 1. The van der Waals surface area contributed by atoms with E-state index in [1.807, 2.05) is 0 Å². The number of benzene rings is 1. The molecule has 0 radical (unpaired) electrons. The molecule has 0 aliphatic carbocycles. The first kappa shape index (κ1) is 25.6. The monoisotopic (exact) mass is 503 g/mol. The fraction of sp³-hybridized carbons (Fsp3) is 0.440. The van der Waals surface area contributed by atoms with E-state index in [0.29, 0.717) is 53.6 Å². The molecule has 1 aliphatic rings. The Morgan fingerprint density at radius 3 is 2.58 bits per heavy atom. The minimum atomic E-state index is -4.45. The number of amides is 1. The molecule has 1 aliphatic heterocycles. The molecule has 4 rings (SSSR count). The zero-order valence-electron chi connectivity index (χ0n) is 20.6. The summed E-state index contributed by atoms with van der Waals surface area (Å²) in [4.78, 5) is 26.9. The van der Waals surface area contributed by atoms with Gasteiger partial charge in [-0.25, -0.2) is 9.97 Å². The van der Waals surface area contributed by atoms with E-state index >= 15 is 0 Å². The lowest BCUT2D eigenvalue weighted by Gasteiger charge is -2.37. The summed E-state index contributed by atoms with van der Waals surface area (Å²) in [5.41, 5.74) is -0.173. The number of aromatic nitrogens is 3. The first-order chi connectivity index (χ1) is 16.9. The quantitative estimate of drug-likeness (QED) is 0.590. The molecule has 0 spiro atoms. The minimum Gasteiger partial charge on any atom is -0.479 e. The van der Waals surface area contributed by atoms with Gasteiger partial charge in [-0.2, -0.15) is 13.2 Å². The molecule has 0 saturated carbocycles. The maximum absolute atomic E-state index is 13.3. The van der Waals surface area contributed by atoms with Crippen LogP contribution in [0.3, 0.4) is 0 Å². The Labute approximate surface area is 206 Å². The summed E-state index contributed by atoms with van der Waals surface area (Å²) >= 11 is 0. The van der Waals surface area contributed by atoms with Crippen LogP contribution in [-0.2, 0) is 30.2 Å². The zero-order valence-corrected chi connectivity index (χ0v) is 20.6. The van der Waals surface area contributed by atoms with Gasteiger partial charge in [-0.05, 0) is 43.0 Å². The summed E-state index contributed by atoms with van der Waals surface area (Å²) < 4.78 is 47.3. The Hall–Kier alpha value is -3.47. The average molecular weight is 504 g/mol. The van der Waals surface area contributed by atoms with Crippen LogP contribution < -0.4 is 10.2 Å². The molecule has 0 unspecified atom stereocenters. The third kappa shape index (κ3) is 4.79. The van der Waals surface area contributed by atoms with Gasteiger partial charge in [-0.1, -0.05) is 12.1 Å². The highest BCUT2D eigenvalue weighted by atomic mass is 19.4. The van der Waals surface area contributed by atoms with Crippen molar-refractivity contribution < 1.29 is 27.8 Å². The number of hydrogen-bond acceptors (Lipinski definition) is 6. The number of aliphatic hydroxyl groups is 1. The van der Waals surface area contributed by atoms with Crippen molar-refractivity contribution >= 4 is 16.8 Å². The van der Waals surface area contributed by atoms with Crippen LogP contribution in [0.15, 0.2) is 35.6 Å². The number of rotatable bonds is 4. The van der Waals surface area contributed by atoms with Crippen LogP contribution in [0.5, 0.6) is 5.88 Å². The van der Waals surface area contributed by atoms with Crippen LogP contribution in [0.25, 0.3) is 10.9 Å². The van der Waals surface area contributed by atoms with Gasteiger partial charge in [0, 0.05) is 27.1 Å². The molecule has 0 bridgehead atoms. The van der Waals surface area contributed by atoms with Gasteiger partial charge in [0.2, 0.25) is 11.8 Å². The third-order valence-electron chi connectivity index (χ3n) is 6.76. The molecular formula is C25H28F3N5O3. The van der Waals surface area contributed by atoms with E-state index in [1.165, 1.54) is 33.4 Å². The number of methoxy groups -OCH3 is 1. The molecule has 8 nitrogen and oxygen atoms in total. The molecule has 36 heavy (non-hydrogen) atoms. The summed E-state index contributed by atoms with van der Waals surface area (Å²) in [6.07, 6.45) is -2.32. The fourth-order valence-electron chi connectivity index (χ4n) is 4.57. The Bertz CT molecular complexity index is 1380. The summed E-state index contributed by atoms with van der Waals surface area (Å²) in [7, 11) is 3.23. The van der Waals surface area contributed by atoms with Gasteiger partial charge in [-0.15, -0.1) is 0 Å². The molecule has 1 amide bonds. The number of carbonyl (C=O) groups is 1. The number of fused-ring (bicyclic) bond motifs is 1. The van der Waals surface area contributed by atoms with Crippen LogP contribution in [0.2, 0.25) is 0 Å². The van der Waals surface area contributed by atoms with E-state index in [-0.39, 0.29) is 23.9 Å². The first-order valence-electron chi connectivity index (χ1n) is 11.5. The maximum Gasteiger partial charge on any atom is 0.416 e. The maximum atomic E-state index is 13.3. The second-order valence-electron chi connectivity index (χ2n) is 9.03. The van der Waals surface area contributed by atoms with E-state index in [0.717, 1.165) is 6.07 Å². The lowest BCUT2D eigenvalue weighted by molar-refractivity contribution is -0.138. The number of hydrogen-bond donors (Lipinski definition) is 1. The van der Waals surface area contributed by atoms with Crippen molar-refractivity contribution in [1.82, 2.24) is 19.4 Å². The van der Waals surface area contributed by atoms with Gasteiger partial charge >= 0.3 is 6.18 Å². The Morgan fingerprint density at radius 1 is 1.28 bits per heavy atom.